The first-order chi connectivity index (χ1) is 9.93. The number of carbonyl (C=O) groups is 1. The zero-order valence-corrected chi connectivity index (χ0v) is 14.4. The predicted octanol–water partition coefficient (Wildman–Crippen LogP) is 4.55. The van der Waals surface area contributed by atoms with E-state index in [1.54, 1.807) is 31.5 Å². The van der Waals surface area contributed by atoms with Gasteiger partial charge in [-0.15, -0.1) is 0 Å². The molecule has 0 atom stereocenters. The second-order valence-corrected chi connectivity index (χ2v) is 6.09. The lowest BCUT2D eigenvalue weighted by atomic mass is 10.0. The molecule has 21 heavy (non-hydrogen) atoms. The van der Waals surface area contributed by atoms with Gasteiger partial charge in [-0.2, -0.15) is 0 Å². The molecule has 0 fully saturated rings. The number of aryl methyl sites for hydroxylation is 1. The molecule has 110 valence electrons. The molecule has 0 aliphatic carbocycles. The fourth-order valence-electron chi connectivity index (χ4n) is 2.21. The van der Waals surface area contributed by atoms with Crippen molar-refractivity contribution >= 4 is 33.3 Å². The van der Waals surface area contributed by atoms with Gasteiger partial charge in [0.05, 0.1) is 24.2 Å². The van der Waals surface area contributed by atoms with Crippen LogP contribution in [0.15, 0.2) is 28.9 Å². The van der Waals surface area contributed by atoms with Gasteiger partial charge in [-0.25, -0.2) is 0 Å². The number of Topliss-reactive ketones (excluding diaryl/α,β-unsaturated/α-hetero) is 1. The van der Waals surface area contributed by atoms with Crippen LogP contribution < -0.4 is 4.74 Å². The van der Waals surface area contributed by atoms with Gasteiger partial charge in [-0.3, -0.25) is 9.78 Å². The first kappa shape index (κ1) is 16.0. The van der Waals surface area contributed by atoms with Crippen LogP contribution in [0.1, 0.15) is 27.2 Å². The number of aromatic nitrogens is 1. The van der Waals surface area contributed by atoms with Crippen LogP contribution >= 0.6 is 27.5 Å². The van der Waals surface area contributed by atoms with Gasteiger partial charge in [0.2, 0.25) is 0 Å². The smallest absolute Gasteiger partial charge is 0.170 e. The Morgan fingerprint density at radius 2 is 2.10 bits per heavy atom. The molecule has 0 spiro atoms. The second kappa shape index (κ2) is 6.58. The fraction of sp³-hybridized carbons (Fsp3) is 0.250. The molecule has 0 aliphatic rings. The third kappa shape index (κ3) is 3.44. The van der Waals surface area contributed by atoms with E-state index >= 15 is 0 Å². The summed E-state index contributed by atoms with van der Waals surface area (Å²) in [5.74, 6) is 0.712. The van der Waals surface area contributed by atoms with Crippen LogP contribution in [0.2, 0.25) is 5.02 Å². The minimum Gasteiger partial charge on any atom is -0.496 e. The van der Waals surface area contributed by atoms with Crippen molar-refractivity contribution in [1.82, 2.24) is 4.98 Å². The van der Waals surface area contributed by atoms with Crippen LogP contribution in [0.25, 0.3) is 0 Å². The molecular weight excluding hydrogens is 354 g/mol. The minimum atomic E-state index is -0.0611. The van der Waals surface area contributed by atoms with Crippen molar-refractivity contribution in [3.63, 3.8) is 0 Å². The molecule has 5 heteroatoms. The Kier molecular flexibility index (Phi) is 5.01. The molecule has 0 unspecified atom stereocenters. The summed E-state index contributed by atoms with van der Waals surface area (Å²) in [6.07, 6.45) is 1.92. The quantitative estimate of drug-likeness (QED) is 0.743. The third-order valence-electron chi connectivity index (χ3n) is 3.31. The van der Waals surface area contributed by atoms with Gasteiger partial charge >= 0.3 is 0 Å². The van der Waals surface area contributed by atoms with Crippen LogP contribution in [-0.2, 0) is 6.42 Å². The third-order valence-corrected chi connectivity index (χ3v) is 4.12. The minimum absolute atomic E-state index is 0.0611. The highest BCUT2D eigenvalue weighted by Gasteiger charge is 2.16. The van der Waals surface area contributed by atoms with E-state index in [2.05, 4.69) is 20.9 Å². The number of ether oxygens (including phenoxy) is 1. The fourth-order valence-corrected chi connectivity index (χ4v) is 2.99. The van der Waals surface area contributed by atoms with Gasteiger partial charge in [-0.05, 0) is 32.0 Å². The molecule has 3 nitrogen and oxygen atoms in total. The van der Waals surface area contributed by atoms with E-state index in [1.807, 2.05) is 13.8 Å². The highest BCUT2D eigenvalue weighted by Crippen LogP contribution is 2.26. The average molecular weight is 369 g/mol. The maximum Gasteiger partial charge on any atom is 0.170 e. The summed E-state index contributed by atoms with van der Waals surface area (Å²) in [6.45, 7) is 3.83. The van der Waals surface area contributed by atoms with E-state index < -0.39 is 0 Å². The van der Waals surface area contributed by atoms with E-state index in [-0.39, 0.29) is 12.2 Å². The molecule has 2 rings (SSSR count). The van der Waals surface area contributed by atoms with E-state index in [0.717, 1.165) is 21.3 Å². The number of pyridine rings is 1. The Hall–Kier alpha value is -1.39. The standard InChI is InChI=1S/C16H15BrClNO2/c1-9-8-19-14(10(2)16(9)21-3)7-15(20)12-5-4-11(17)6-13(12)18/h4-6,8H,7H2,1-3H3. The Balaban J connectivity index is 2.32. The van der Waals surface area contributed by atoms with Crippen molar-refractivity contribution in [2.75, 3.05) is 7.11 Å². The monoisotopic (exact) mass is 367 g/mol. The van der Waals surface area contributed by atoms with Gasteiger partial charge in [0.1, 0.15) is 5.75 Å². The summed E-state index contributed by atoms with van der Waals surface area (Å²) >= 11 is 9.44. The number of rotatable bonds is 4. The molecule has 1 heterocycles. The van der Waals surface area contributed by atoms with Crippen molar-refractivity contribution in [1.29, 1.82) is 0 Å². The van der Waals surface area contributed by atoms with Crippen LogP contribution in [0.5, 0.6) is 5.75 Å². The number of hydrogen-bond acceptors (Lipinski definition) is 3. The highest BCUT2D eigenvalue weighted by molar-refractivity contribution is 9.10. The van der Waals surface area contributed by atoms with E-state index in [1.165, 1.54) is 0 Å². The molecular formula is C16H15BrClNO2. The van der Waals surface area contributed by atoms with Gasteiger partial charge < -0.3 is 4.74 Å². The van der Waals surface area contributed by atoms with Crippen LogP contribution in [0, 0.1) is 13.8 Å². The second-order valence-electron chi connectivity index (χ2n) is 4.77. The molecule has 2 aromatic rings. The Bertz CT molecular complexity index is 701. The summed E-state index contributed by atoms with van der Waals surface area (Å²) in [7, 11) is 1.62. The summed E-state index contributed by atoms with van der Waals surface area (Å²) in [5.41, 5.74) is 3.05. The van der Waals surface area contributed by atoms with Crippen molar-refractivity contribution < 1.29 is 9.53 Å². The normalized spacial score (nSPS) is 10.5. The summed E-state index contributed by atoms with van der Waals surface area (Å²) < 4.78 is 6.20. The van der Waals surface area contributed by atoms with Crippen molar-refractivity contribution in [3.8, 4) is 5.75 Å². The molecule has 1 aromatic carbocycles. The van der Waals surface area contributed by atoms with Crippen molar-refractivity contribution in [3.05, 3.63) is 56.3 Å². The lowest BCUT2D eigenvalue weighted by molar-refractivity contribution is 0.0992. The van der Waals surface area contributed by atoms with Crippen molar-refractivity contribution in [2.45, 2.75) is 20.3 Å². The Morgan fingerprint density at radius 3 is 2.71 bits per heavy atom. The molecule has 0 N–H and O–H groups in total. The number of carbonyl (C=O) groups excluding carboxylic acids is 1. The summed E-state index contributed by atoms with van der Waals surface area (Å²) in [5, 5.41) is 0.436. The molecule has 0 radical (unpaired) electrons. The first-order valence-electron chi connectivity index (χ1n) is 6.41. The largest absolute Gasteiger partial charge is 0.496 e. The van der Waals surface area contributed by atoms with E-state index in [0.29, 0.717) is 16.3 Å². The van der Waals surface area contributed by atoms with E-state index in [9.17, 15) is 4.79 Å². The average Bonchev–Trinajstić information content (AvgIpc) is 2.42. The highest BCUT2D eigenvalue weighted by atomic mass is 79.9. The van der Waals surface area contributed by atoms with Gasteiger partial charge in [0, 0.05) is 27.4 Å². The topological polar surface area (TPSA) is 39.2 Å². The maximum absolute atomic E-state index is 12.4. The summed E-state index contributed by atoms with van der Waals surface area (Å²) in [4.78, 5) is 16.7. The number of halogens is 2. The van der Waals surface area contributed by atoms with E-state index in [4.69, 9.17) is 16.3 Å². The van der Waals surface area contributed by atoms with Crippen LogP contribution in [0.3, 0.4) is 0 Å². The molecule has 0 aliphatic heterocycles. The van der Waals surface area contributed by atoms with Crippen LogP contribution in [0.4, 0.5) is 0 Å². The Labute approximate surface area is 137 Å². The number of benzene rings is 1. The number of hydrogen-bond donors (Lipinski definition) is 0. The zero-order chi connectivity index (χ0) is 15.6. The van der Waals surface area contributed by atoms with Crippen molar-refractivity contribution in [2.24, 2.45) is 0 Å². The van der Waals surface area contributed by atoms with Gasteiger partial charge in [-0.1, -0.05) is 27.5 Å². The number of nitrogens with zero attached hydrogens (tertiary/aromatic N) is 1. The van der Waals surface area contributed by atoms with Gasteiger partial charge in [0.25, 0.3) is 0 Å². The summed E-state index contributed by atoms with van der Waals surface area (Å²) in [6, 6.07) is 5.23. The Morgan fingerprint density at radius 1 is 1.38 bits per heavy atom. The molecule has 0 saturated heterocycles. The first-order valence-corrected chi connectivity index (χ1v) is 7.58. The molecule has 0 amide bonds. The van der Waals surface area contributed by atoms with Crippen LogP contribution in [-0.4, -0.2) is 17.9 Å². The lowest BCUT2D eigenvalue weighted by Crippen LogP contribution is -2.08. The molecule has 0 saturated carbocycles. The van der Waals surface area contributed by atoms with Gasteiger partial charge in [0.15, 0.2) is 5.78 Å². The zero-order valence-electron chi connectivity index (χ0n) is 12.0. The molecule has 0 bridgehead atoms. The predicted molar refractivity (Wildman–Crippen MR) is 87.4 cm³/mol. The lowest BCUT2D eigenvalue weighted by Gasteiger charge is -2.12. The number of ketones is 1. The number of methoxy groups -OCH3 is 1. The SMILES string of the molecule is COc1c(C)cnc(CC(=O)c2ccc(Br)cc2Cl)c1C. The molecule has 1 aromatic heterocycles. The maximum atomic E-state index is 12.4.